The Bertz CT molecular complexity index is 1470. The Morgan fingerprint density at radius 3 is 2.59 bits per heavy atom. The maximum atomic E-state index is 13.8. The Morgan fingerprint density at radius 1 is 1.16 bits per heavy atom. The predicted octanol–water partition coefficient (Wildman–Crippen LogP) is 5.23. The molecule has 0 spiro atoms. The molecule has 37 heavy (non-hydrogen) atoms. The van der Waals surface area contributed by atoms with Gasteiger partial charge in [0, 0.05) is 19.0 Å². The summed E-state index contributed by atoms with van der Waals surface area (Å²) in [5, 5.41) is 0.583. The van der Waals surface area contributed by atoms with E-state index < -0.39 is 10.0 Å². The van der Waals surface area contributed by atoms with Gasteiger partial charge in [-0.25, -0.2) is 13.4 Å². The third kappa shape index (κ3) is 5.41. The minimum absolute atomic E-state index is 0.0760. The number of hydrogen-bond donors (Lipinski definition) is 0. The van der Waals surface area contributed by atoms with Gasteiger partial charge >= 0.3 is 0 Å². The third-order valence-corrected chi connectivity index (χ3v) is 9.47. The zero-order valence-corrected chi connectivity index (χ0v) is 22.4. The molecule has 194 valence electrons. The first-order valence-electron chi connectivity index (χ1n) is 12.3. The standard InChI is InChI=1S/C27H29N3O5S2/c1-3-34-21-8-11-24-25(17-21)36-27(28-24)30(18-22-5-4-16-35-22)26(31)20-12-14-29(15-13-20)37(32,33)23-9-6-19(2)7-10-23/h4-11,16-17,20H,3,12-15,18H2,1-2H3. The Labute approximate surface area is 220 Å². The monoisotopic (exact) mass is 539 g/mol. The highest BCUT2D eigenvalue weighted by Gasteiger charge is 2.35. The van der Waals surface area contributed by atoms with Crippen LogP contribution in [0.3, 0.4) is 0 Å². The number of furan rings is 1. The summed E-state index contributed by atoms with van der Waals surface area (Å²) in [6.45, 7) is 5.26. The van der Waals surface area contributed by atoms with Gasteiger partial charge in [-0.1, -0.05) is 29.0 Å². The van der Waals surface area contributed by atoms with E-state index in [-0.39, 0.29) is 23.3 Å². The SMILES string of the molecule is CCOc1ccc2nc(N(Cc3ccco3)C(=O)C3CCN(S(=O)(=O)c4ccc(C)cc4)CC3)sc2c1. The maximum Gasteiger partial charge on any atom is 0.243 e. The van der Waals surface area contributed by atoms with Gasteiger partial charge in [-0.05, 0) is 69.2 Å². The lowest BCUT2D eigenvalue weighted by Crippen LogP contribution is -2.44. The van der Waals surface area contributed by atoms with Crippen molar-refractivity contribution in [1.82, 2.24) is 9.29 Å². The van der Waals surface area contributed by atoms with Gasteiger partial charge in [-0.3, -0.25) is 9.69 Å². The van der Waals surface area contributed by atoms with Crippen LogP contribution in [0.5, 0.6) is 5.75 Å². The van der Waals surface area contributed by atoms with Crippen LogP contribution in [0.15, 0.2) is 70.2 Å². The molecule has 1 aliphatic heterocycles. The summed E-state index contributed by atoms with van der Waals surface area (Å²) >= 11 is 1.43. The number of aryl methyl sites for hydroxylation is 1. The molecule has 1 amide bonds. The van der Waals surface area contributed by atoms with Crippen LogP contribution in [-0.2, 0) is 21.4 Å². The smallest absolute Gasteiger partial charge is 0.243 e. The minimum Gasteiger partial charge on any atom is -0.494 e. The van der Waals surface area contributed by atoms with Crippen molar-refractivity contribution in [3.05, 3.63) is 72.2 Å². The van der Waals surface area contributed by atoms with Gasteiger partial charge in [0.05, 0.1) is 34.5 Å². The van der Waals surface area contributed by atoms with E-state index in [1.54, 1.807) is 41.5 Å². The quantitative estimate of drug-likeness (QED) is 0.304. The molecule has 0 unspecified atom stereocenters. The summed E-state index contributed by atoms with van der Waals surface area (Å²) in [5.74, 6) is 1.02. The van der Waals surface area contributed by atoms with Crippen molar-refractivity contribution in [2.45, 2.75) is 38.1 Å². The van der Waals surface area contributed by atoms with Crippen LogP contribution in [0.2, 0.25) is 0 Å². The van der Waals surface area contributed by atoms with Crippen molar-refractivity contribution >= 4 is 42.6 Å². The zero-order chi connectivity index (χ0) is 26.0. The van der Waals surface area contributed by atoms with E-state index in [0.29, 0.717) is 43.4 Å². The molecule has 0 N–H and O–H groups in total. The first-order valence-corrected chi connectivity index (χ1v) is 14.5. The van der Waals surface area contributed by atoms with Crippen molar-refractivity contribution in [3.63, 3.8) is 0 Å². The molecular formula is C27H29N3O5S2. The number of nitrogens with zero attached hydrogens (tertiary/aromatic N) is 3. The largest absolute Gasteiger partial charge is 0.494 e. The Balaban J connectivity index is 1.35. The fourth-order valence-corrected chi connectivity index (χ4v) is 6.95. The molecule has 1 aliphatic rings. The molecule has 0 radical (unpaired) electrons. The number of rotatable bonds is 8. The lowest BCUT2D eigenvalue weighted by molar-refractivity contribution is -0.123. The van der Waals surface area contributed by atoms with E-state index in [2.05, 4.69) is 0 Å². The van der Waals surface area contributed by atoms with Gasteiger partial charge in [0.1, 0.15) is 11.5 Å². The number of sulfonamides is 1. The van der Waals surface area contributed by atoms with Gasteiger partial charge in [0.25, 0.3) is 0 Å². The van der Waals surface area contributed by atoms with Crippen LogP contribution in [0.4, 0.5) is 5.13 Å². The molecular weight excluding hydrogens is 510 g/mol. The number of thiazole rings is 1. The number of hydrogen-bond acceptors (Lipinski definition) is 7. The Kier molecular flexibility index (Phi) is 7.32. The second-order valence-corrected chi connectivity index (χ2v) is 12.0. The summed E-state index contributed by atoms with van der Waals surface area (Å²) in [6, 6.07) is 16.2. The lowest BCUT2D eigenvalue weighted by Gasteiger charge is -2.32. The van der Waals surface area contributed by atoms with Gasteiger partial charge < -0.3 is 9.15 Å². The highest BCUT2D eigenvalue weighted by Crippen LogP contribution is 2.34. The van der Waals surface area contributed by atoms with E-state index in [4.69, 9.17) is 14.1 Å². The van der Waals surface area contributed by atoms with Crippen LogP contribution in [0.25, 0.3) is 10.2 Å². The lowest BCUT2D eigenvalue weighted by atomic mass is 9.96. The summed E-state index contributed by atoms with van der Waals surface area (Å²) < 4.78 is 39.8. The number of aromatic nitrogens is 1. The first-order chi connectivity index (χ1) is 17.8. The molecule has 0 atom stereocenters. The van der Waals surface area contributed by atoms with Gasteiger partial charge in [0.15, 0.2) is 5.13 Å². The van der Waals surface area contributed by atoms with E-state index in [9.17, 15) is 13.2 Å². The molecule has 8 nitrogen and oxygen atoms in total. The van der Waals surface area contributed by atoms with Crippen molar-refractivity contribution in [1.29, 1.82) is 0 Å². The van der Waals surface area contributed by atoms with Crippen LogP contribution in [0.1, 0.15) is 31.1 Å². The average Bonchev–Trinajstić information content (AvgIpc) is 3.57. The van der Waals surface area contributed by atoms with Crippen LogP contribution < -0.4 is 9.64 Å². The van der Waals surface area contributed by atoms with Crippen molar-refractivity contribution in [2.75, 3.05) is 24.6 Å². The normalized spacial score (nSPS) is 15.2. The molecule has 1 saturated heterocycles. The number of carbonyl (C=O) groups is 1. The zero-order valence-electron chi connectivity index (χ0n) is 20.8. The second kappa shape index (κ2) is 10.6. The molecule has 5 rings (SSSR count). The van der Waals surface area contributed by atoms with Crippen molar-refractivity contribution < 1.29 is 22.4 Å². The van der Waals surface area contributed by atoms with Gasteiger partial charge in [-0.2, -0.15) is 4.31 Å². The molecule has 0 bridgehead atoms. The van der Waals surface area contributed by atoms with Crippen LogP contribution in [-0.4, -0.2) is 43.3 Å². The second-order valence-electron chi connectivity index (χ2n) is 9.05. The predicted molar refractivity (Wildman–Crippen MR) is 143 cm³/mol. The van der Waals surface area contributed by atoms with Gasteiger partial charge in [0.2, 0.25) is 15.9 Å². The number of ether oxygens (including phenoxy) is 1. The third-order valence-electron chi connectivity index (χ3n) is 6.51. The number of amides is 1. The molecule has 10 heteroatoms. The number of fused-ring (bicyclic) bond motifs is 1. The topological polar surface area (TPSA) is 92.9 Å². The fourth-order valence-electron chi connectivity index (χ4n) is 4.49. The molecule has 0 saturated carbocycles. The summed E-state index contributed by atoms with van der Waals surface area (Å²) in [6.07, 6.45) is 2.47. The fraction of sp³-hybridized carbons (Fsp3) is 0.333. The first kappa shape index (κ1) is 25.4. The van der Waals surface area contributed by atoms with Crippen LogP contribution >= 0.6 is 11.3 Å². The number of benzene rings is 2. The molecule has 3 heterocycles. The van der Waals surface area contributed by atoms with Crippen molar-refractivity contribution in [3.8, 4) is 5.75 Å². The molecule has 4 aromatic rings. The summed E-state index contributed by atoms with van der Waals surface area (Å²) in [4.78, 5) is 20.5. The van der Waals surface area contributed by atoms with E-state index in [0.717, 1.165) is 21.5 Å². The Morgan fingerprint density at radius 2 is 1.92 bits per heavy atom. The maximum absolute atomic E-state index is 13.8. The van der Waals surface area contributed by atoms with E-state index in [1.165, 1.54) is 15.6 Å². The van der Waals surface area contributed by atoms with Gasteiger partial charge in [-0.15, -0.1) is 0 Å². The van der Waals surface area contributed by atoms with E-state index in [1.807, 2.05) is 38.1 Å². The number of anilines is 1. The summed E-state index contributed by atoms with van der Waals surface area (Å²) in [7, 11) is -3.60. The molecule has 0 aliphatic carbocycles. The van der Waals surface area contributed by atoms with Crippen LogP contribution in [0, 0.1) is 12.8 Å². The number of piperidine rings is 1. The molecule has 2 aromatic carbocycles. The molecule has 1 fully saturated rings. The molecule has 2 aromatic heterocycles. The number of carbonyl (C=O) groups excluding carboxylic acids is 1. The minimum atomic E-state index is -3.60. The average molecular weight is 540 g/mol. The summed E-state index contributed by atoms with van der Waals surface area (Å²) in [5.41, 5.74) is 1.79. The van der Waals surface area contributed by atoms with Crippen molar-refractivity contribution in [2.24, 2.45) is 5.92 Å². The Hall–Kier alpha value is -3.21. The highest BCUT2D eigenvalue weighted by molar-refractivity contribution is 7.89. The van der Waals surface area contributed by atoms with E-state index >= 15 is 0 Å². The highest BCUT2D eigenvalue weighted by atomic mass is 32.2.